The summed E-state index contributed by atoms with van der Waals surface area (Å²) in [7, 11) is 0. The highest BCUT2D eigenvalue weighted by Gasteiger charge is 2.20. The fraction of sp³-hybridized carbons (Fsp3) is 0.600. The molecule has 0 aliphatic rings. The minimum absolute atomic E-state index is 0.107. The second-order valence-corrected chi connectivity index (χ2v) is 7.75. The molecule has 0 saturated carbocycles. The molecule has 1 N–H and O–H groups in total. The first-order valence-electron chi connectivity index (χ1n) is 9.05. The van der Waals surface area contributed by atoms with Crippen LogP contribution in [0.4, 0.5) is 0 Å². The summed E-state index contributed by atoms with van der Waals surface area (Å²) in [5, 5.41) is 3.02. The maximum Gasteiger partial charge on any atom is 0.225 e. The Bertz CT molecular complexity index is 682. The molecule has 1 unspecified atom stereocenters. The molecule has 2 rings (SSSR count). The Labute approximate surface area is 145 Å². The summed E-state index contributed by atoms with van der Waals surface area (Å²) in [4.78, 5) is 16.8. The van der Waals surface area contributed by atoms with E-state index in [1.165, 1.54) is 5.52 Å². The van der Waals surface area contributed by atoms with E-state index < -0.39 is 0 Å². The minimum atomic E-state index is -0.330. The van der Waals surface area contributed by atoms with Crippen LogP contribution in [0.2, 0.25) is 0 Å². The zero-order valence-corrected chi connectivity index (χ0v) is 15.7. The number of fused-ring (bicyclic) bond motifs is 1. The SMILES string of the molecule is CCC(C)Cn1c(CCCNC(=O)C(C)(C)C)nc2ccccc21. The maximum absolute atomic E-state index is 11.9. The third-order valence-electron chi connectivity index (χ3n) is 4.47. The predicted octanol–water partition coefficient (Wildman–Crippen LogP) is 4.18. The molecule has 1 heterocycles. The monoisotopic (exact) mass is 329 g/mol. The van der Waals surface area contributed by atoms with Crippen LogP contribution in [0.3, 0.4) is 0 Å². The van der Waals surface area contributed by atoms with E-state index in [1.807, 2.05) is 26.8 Å². The van der Waals surface area contributed by atoms with Crippen LogP contribution >= 0.6 is 0 Å². The van der Waals surface area contributed by atoms with Crippen molar-refractivity contribution >= 4 is 16.9 Å². The quantitative estimate of drug-likeness (QED) is 0.775. The smallest absolute Gasteiger partial charge is 0.225 e. The first-order valence-corrected chi connectivity index (χ1v) is 9.05. The highest BCUT2D eigenvalue weighted by Crippen LogP contribution is 2.20. The fourth-order valence-corrected chi connectivity index (χ4v) is 2.67. The van der Waals surface area contributed by atoms with Gasteiger partial charge in [0.1, 0.15) is 5.82 Å². The van der Waals surface area contributed by atoms with Crippen LogP contribution < -0.4 is 5.32 Å². The molecule has 4 nitrogen and oxygen atoms in total. The van der Waals surface area contributed by atoms with Crippen molar-refractivity contribution in [3.63, 3.8) is 0 Å². The molecule has 0 radical (unpaired) electrons. The zero-order chi connectivity index (χ0) is 17.7. The molecule has 1 aromatic heterocycles. The molecular weight excluding hydrogens is 298 g/mol. The van der Waals surface area contributed by atoms with Crippen molar-refractivity contribution in [1.29, 1.82) is 0 Å². The molecular formula is C20H31N3O. The van der Waals surface area contributed by atoms with Gasteiger partial charge in [0.2, 0.25) is 5.91 Å². The molecule has 0 aliphatic heterocycles. The Kier molecular flexibility index (Phi) is 6.03. The Balaban J connectivity index is 2.05. The van der Waals surface area contributed by atoms with Crippen molar-refractivity contribution in [3.8, 4) is 0 Å². The number of para-hydroxylation sites is 2. The van der Waals surface area contributed by atoms with Crippen LogP contribution in [0, 0.1) is 11.3 Å². The van der Waals surface area contributed by atoms with Crippen LogP contribution in [0.25, 0.3) is 11.0 Å². The van der Waals surface area contributed by atoms with E-state index in [-0.39, 0.29) is 11.3 Å². The van der Waals surface area contributed by atoms with Gasteiger partial charge in [-0.05, 0) is 24.5 Å². The number of nitrogens with one attached hydrogen (secondary N) is 1. The van der Waals surface area contributed by atoms with Crippen molar-refractivity contribution in [2.75, 3.05) is 6.54 Å². The van der Waals surface area contributed by atoms with Gasteiger partial charge in [-0.3, -0.25) is 4.79 Å². The third kappa shape index (κ3) is 4.59. The van der Waals surface area contributed by atoms with E-state index in [9.17, 15) is 4.79 Å². The highest BCUT2D eigenvalue weighted by molar-refractivity contribution is 5.81. The Morgan fingerprint density at radius 3 is 2.67 bits per heavy atom. The normalized spacial score (nSPS) is 13.2. The second-order valence-electron chi connectivity index (χ2n) is 7.75. The van der Waals surface area contributed by atoms with Gasteiger partial charge in [-0.2, -0.15) is 0 Å². The predicted molar refractivity (Wildman–Crippen MR) is 100.0 cm³/mol. The number of benzene rings is 1. The lowest BCUT2D eigenvalue weighted by Gasteiger charge is -2.17. The number of aromatic nitrogens is 2. The first kappa shape index (κ1) is 18.5. The molecule has 0 bridgehead atoms. The number of carbonyl (C=O) groups excluding carboxylic acids is 1. The van der Waals surface area contributed by atoms with E-state index in [0.717, 1.165) is 37.1 Å². The summed E-state index contributed by atoms with van der Waals surface area (Å²) in [6.45, 7) is 12.0. The number of aryl methyl sites for hydroxylation is 1. The number of hydrogen-bond acceptors (Lipinski definition) is 2. The average Bonchev–Trinajstić information content (AvgIpc) is 2.88. The number of hydrogen-bond donors (Lipinski definition) is 1. The standard InChI is InChI=1S/C20H31N3O/c1-6-15(2)14-23-17-11-8-7-10-16(17)22-18(23)12-9-13-21-19(24)20(3,4)5/h7-8,10-11,15H,6,9,12-14H2,1-5H3,(H,21,24). The van der Waals surface area contributed by atoms with Gasteiger partial charge in [0, 0.05) is 24.9 Å². The third-order valence-corrected chi connectivity index (χ3v) is 4.47. The number of nitrogens with zero attached hydrogens (tertiary/aromatic N) is 2. The summed E-state index contributed by atoms with van der Waals surface area (Å²) >= 11 is 0. The molecule has 0 aliphatic carbocycles. The van der Waals surface area contributed by atoms with Crippen LogP contribution in [0.5, 0.6) is 0 Å². The van der Waals surface area contributed by atoms with E-state index >= 15 is 0 Å². The lowest BCUT2D eigenvalue weighted by atomic mass is 9.96. The molecule has 0 spiro atoms. The molecule has 1 amide bonds. The number of rotatable bonds is 7. The van der Waals surface area contributed by atoms with Crippen LogP contribution in [0.1, 0.15) is 53.3 Å². The van der Waals surface area contributed by atoms with Crippen molar-refractivity contribution in [2.24, 2.45) is 11.3 Å². The fourth-order valence-electron chi connectivity index (χ4n) is 2.67. The van der Waals surface area contributed by atoms with Crippen LogP contribution in [-0.4, -0.2) is 22.0 Å². The van der Waals surface area contributed by atoms with Gasteiger partial charge in [0.15, 0.2) is 0 Å². The first-order chi connectivity index (χ1) is 11.3. The van der Waals surface area contributed by atoms with Gasteiger partial charge in [0.05, 0.1) is 11.0 Å². The van der Waals surface area contributed by atoms with E-state index in [1.54, 1.807) is 0 Å². The van der Waals surface area contributed by atoms with Crippen molar-refractivity contribution < 1.29 is 4.79 Å². The van der Waals surface area contributed by atoms with Gasteiger partial charge in [-0.1, -0.05) is 53.2 Å². The van der Waals surface area contributed by atoms with Crippen molar-refractivity contribution in [2.45, 2.75) is 60.4 Å². The van der Waals surface area contributed by atoms with Crippen LogP contribution in [0.15, 0.2) is 24.3 Å². The molecule has 1 atom stereocenters. The van der Waals surface area contributed by atoms with Gasteiger partial charge >= 0.3 is 0 Å². The zero-order valence-electron chi connectivity index (χ0n) is 15.7. The average molecular weight is 329 g/mol. The number of amides is 1. The molecule has 0 saturated heterocycles. The summed E-state index contributed by atoms with van der Waals surface area (Å²) < 4.78 is 2.36. The van der Waals surface area contributed by atoms with E-state index in [2.05, 4.69) is 41.9 Å². The van der Waals surface area contributed by atoms with E-state index in [0.29, 0.717) is 12.5 Å². The van der Waals surface area contributed by atoms with Gasteiger partial charge in [-0.15, -0.1) is 0 Å². The second kappa shape index (κ2) is 7.82. The minimum Gasteiger partial charge on any atom is -0.356 e. The van der Waals surface area contributed by atoms with E-state index in [4.69, 9.17) is 4.98 Å². The van der Waals surface area contributed by atoms with Crippen molar-refractivity contribution in [3.05, 3.63) is 30.1 Å². The van der Waals surface area contributed by atoms with Gasteiger partial charge in [-0.25, -0.2) is 4.98 Å². The Morgan fingerprint density at radius 1 is 1.29 bits per heavy atom. The van der Waals surface area contributed by atoms with Crippen molar-refractivity contribution in [1.82, 2.24) is 14.9 Å². The summed E-state index contributed by atoms with van der Waals surface area (Å²) in [5.41, 5.74) is 1.95. The van der Waals surface area contributed by atoms with Gasteiger partial charge in [0.25, 0.3) is 0 Å². The lowest BCUT2D eigenvalue weighted by molar-refractivity contribution is -0.128. The van der Waals surface area contributed by atoms with Gasteiger partial charge < -0.3 is 9.88 Å². The molecule has 132 valence electrons. The molecule has 1 aromatic carbocycles. The number of carbonyl (C=O) groups is 1. The maximum atomic E-state index is 11.9. The topological polar surface area (TPSA) is 46.9 Å². The largest absolute Gasteiger partial charge is 0.356 e. The lowest BCUT2D eigenvalue weighted by Crippen LogP contribution is -2.35. The Hall–Kier alpha value is -1.84. The Morgan fingerprint density at radius 2 is 2.00 bits per heavy atom. The van der Waals surface area contributed by atoms with Crippen LogP contribution in [-0.2, 0) is 17.8 Å². The summed E-state index contributed by atoms with van der Waals surface area (Å²) in [6, 6.07) is 8.34. The molecule has 4 heteroatoms. The number of imidazole rings is 1. The molecule has 2 aromatic rings. The summed E-state index contributed by atoms with van der Waals surface area (Å²) in [6.07, 6.45) is 2.95. The molecule has 0 fully saturated rings. The summed E-state index contributed by atoms with van der Waals surface area (Å²) in [5.74, 6) is 1.86. The highest BCUT2D eigenvalue weighted by atomic mass is 16.2. The molecule has 24 heavy (non-hydrogen) atoms.